The summed E-state index contributed by atoms with van der Waals surface area (Å²) in [6.07, 6.45) is 4.73. The van der Waals surface area contributed by atoms with Crippen molar-refractivity contribution in [3.63, 3.8) is 0 Å². The predicted molar refractivity (Wildman–Crippen MR) is 150 cm³/mol. The average molecular weight is 511 g/mol. The zero-order valence-electron chi connectivity index (χ0n) is 21.9. The molecule has 0 aliphatic carbocycles. The van der Waals surface area contributed by atoms with Crippen LogP contribution in [0.1, 0.15) is 5.69 Å². The minimum absolute atomic E-state index is 0.324. The molecule has 0 saturated carbocycles. The van der Waals surface area contributed by atoms with Gasteiger partial charge >= 0.3 is 0 Å². The van der Waals surface area contributed by atoms with E-state index in [9.17, 15) is 10.1 Å². The Morgan fingerprint density at radius 2 is 2.00 bits per heavy atom. The first-order valence-corrected chi connectivity index (χ1v) is 12.0. The van der Waals surface area contributed by atoms with Crippen molar-refractivity contribution in [3.05, 3.63) is 73.2 Å². The molecule has 4 aromatic rings. The van der Waals surface area contributed by atoms with Crippen LogP contribution >= 0.6 is 0 Å². The summed E-state index contributed by atoms with van der Waals surface area (Å²) in [5, 5.41) is 15.7. The minimum atomic E-state index is -0.324. The number of anilines is 4. The Hall–Kier alpha value is -4.88. The number of hydrogen-bond acceptors (Lipinski definition) is 8. The SMILES string of the molecule is C=CC(=O)Nc1cc(Nc2nccc(-c3cc(C#N)n4ccccc34)n2)c(OC)cc1N(C)CCN(C)C. The van der Waals surface area contributed by atoms with Crippen molar-refractivity contribution in [2.75, 3.05) is 56.9 Å². The smallest absolute Gasteiger partial charge is 0.247 e. The van der Waals surface area contributed by atoms with Gasteiger partial charge in [0, 0.05) is 44.2 Å². The third kappa shape index (κ3) is 5.58. The molecule has 0 aliphatic heterocycles. The molecule has 1 aromatic carbocycles. The van der Waals surface area contributed by atoms with E-state index in [4.69, 9.17) is 9.72 Å². The van der Waals surface area contributed by atoms with Gasteiger partial charge in [-0.1, -0.05) is 12.6 Å². The molecule has 0 atom stereocenters. The molecule has 0 unspecified atom stereocenters. The summed E-state index contributed by atoms with van der Waals surface area (Å²) in [7, 11) is 7.56. The number of benzene rings is 1. The average Bonchev–Trinajstić information content (AvgIpc) is 3.31. The molecular formula is C28H30N8O2. The Morgan fingerprint density at radius 3 is 2.71 bits per heavy atom. The maximum Gasteiger partial charge on any atom is 0.247 e. The third-order valence-corrected chi connectivity index (χ3v) is 6.02. The number of nitrogens with one attached hydrogen (secondary N) is 2. The van der Waals surface area contributed by atoms with Gasteiger partial charge in [0.1, 0.15) is 17.5 Å². The Labute approximate surface area is 221 Å². The topological polar surface area (TPSA) is 111 Å². The molecule has 0 bridgehead atoms. The molecule has 4 rings (SSSR count). The van der Waals surface area contributed by atoms with E-state index in [2.05, 4.69) is 33.2 Å². The normalized spacial score (nSPS) is 10.7. The maximum atomic E-state index is 12.2. The summed E-state index contributed by atoms with van der Waals surface area (Å²) in [5.41, 5.74) is 4.82. The van der Waals surface area contributed by atoms with Gasteiger partial charge in [-0.05, 0) is 50.5 Å². The molecule has 0 spiro atoms. The van der Waals surface area contributed by atoms with Crippen LogP contribution in [0.25, 0.3) is 16.8 Å². The lowest BCUT2D eigenvalue weighted by Gasteiger charge is -2.26. The van der Waals surface area contributed by atoms with Gasteiger partial charge in [0.2, 0.25) is 11.9 Å². The highest BCUT2D eigenvalue weighted by molar-refractivity contribution is 6.02. The lowest BCUT2D eigenvalue weighted by atomic mass is 10.2. The molecule has 0 saturated heterocycles. The number of methoxy groups -OCH3 is 1. The van der Waals surface area contributed by atoms with Crippen LogP contribution in [0, 0.1) is 11.3 Å². The van der Waals surface area contributed by atoms with E-state index in [0.29, 0.717) is 34.5 Å². The largest absolute Gasteiger partial charge is 0.494 e. The predicted octanol–water partition coefficient (Wildman–Crippen LogP) is 4.14. The molecule has 3 aromatic heterocycles. The molecule has 2 N–H and O–H groups in total. The van der Waals surface area contributed by atoms with Crippen LogP contribution in [0.3, 0.4) is 0 Å². The van der Waals surface area contributed by atoms with Gasteiger partial charge in [0.15, 0.2) is 0 Å². The van der Waals surface area contributed by atoms with E-state index in [-0.39, 0.29) is 5.91 Å². The number of rotatable bonds is 10. The van der Waals surface area contributed by atoms with Crippen molar-refractivity contribution >= 4 is 34.4 Å². The Morgan fingerprint density at radius 1 is 1.18 bits per heavy atom. The van der Waals surface area contributed by atoms with Gasteiger partial charge in [0.25, 0.3) is 0 Å². The summed E-state index contributed by atoms with van der Waals surface area (Å²) in [4.78, 5) is 25.5. The number of ether oxygens (including phenoxy) is 1. The Kier molecular flexibility index (Phi) is 7.89. The van der Waals surface area contributed by atoms with Crippen molar-refractivity contribution in [1.82, 2.24) is 19.3 Å². The minimum Gasteiger partial charge on any atom is -0.494 e. The van der Waals surface area contributed by atoms with Gasteiger partial charge < -0.3 is 29.6 Å². The molecule has 38 heavy (non-hydrogen) atoms. The number of carbonyl (C=O) groups excluding carboxylic acids is 1. The van der Waals surface area contributed by atoms with E-state index in [1.54, 1.807) is 25.4 Å². The highest BCUT2D eigenvalue weighted by Gasteiger charge is 2.17. The summed E-state index contributed by atoms with van der Waals surface area (Å²) < 4.78 is 7.51. The van der Waals surface area contributed by atoms with Gasteiger partial charge in [-0.15, -0.1) is 0 Å². The van der Waals surface area contributed by atoms with Gasteiger partial charge in [-0.25, -0.2) is 9.97 Å². The molecule has 194 valence electrons. The maximum absolute atomic E-state index is 12.2. The molecule has 3 heterocycles. The molecule has 10 heteroatoms. The Bertz CT molecular complexity index is 1520. The highest BCUT2D eigenvalue weighted by Crippen LogP contribution is 2.38. The number of amides is 1. The van der Waals surface area contributed by atoms with E-state index in [0.717, 1.165) is 29.9 Å². The van der Waals surface area contributed by atoms with Crippen molar-refractivity contribution < 1.29 is 9.53 Å². The summed E-state index contributed by atoms with van der Waals surface area (Å²) in [5.74, 6) is 0.572. The second-order valence-electron chi connectivity index (χ2n) is 8.89. The van der Waals surface area contributed by atoms with E-state index < -0.39 is 0 Å². The zero-order valence-corrected chi connectivity index (χ0v) is 21.9. The Balaban J connectivity index is 1.72. The molecule has 10 nitrogen and oxygen atoms in total. The number of nitrogens with zero attached hydrogens (tertiary/aromatic N) is 6. The number of nitriles is 1. The van der Waals surface area contributed by atoms with Gasteiger partial charge in [-0.2, -0.15) is 5.26 Å². The fourth-order valence-electron chi connectivity index (χ4n) is 4.04. The fourth-order valence-corrected chi connectivity index (χ4v) is 4.04. The van der Waals surface area contributed by atoms with Crippen LogP contribution < -0.4 is 20.3 Å². The standard InChI is InChI=1S/C28H30N8O2/c1-6-27(37)31-22-16-23(26(38-5)17-25(22)35(4)14-13-34(2)3)33-28-30-11-10-21(32-28)20-15-19(18-29)36-12-8-7-9-24(20)36/h6-12,15-17H,1,13-14H2,2-5H3,(H,31,37)(H,30,32,33). The zero-order chi connectivity index (χ0) is 27.2. The first-order valence-electron chi connectivity index (χ1n) is 12.0. The van der Waals surface area contributed by atoms with Crippen LogP contribution in [0.15, 0.2) is 67.5 Å². The van der Waals surface area contributed by atoms with E-state index >= 15 is 0 Å². The number of hydrogen-bond donors (Lipinski definition) is 2. The van der Waals surface area contributed by atoms with Crippen LogP contribution in [-0.2, 0) is 4.79 Å². The highest BCUT2D eigenvalue weighted by atomic mass is 16.5. The lowest BCUT2D eigenvalue weighted by molar-refractivity contribution is -0.111. The van der Waals surface area contributed by atoms with Crippen LogP contribution in [-0.4, -0.2) is 66.5 Å². The first kappa shape index (κ1) is 26.2. The molecule has 0 fully saturated rings. The second kappa shape index (κ2) is 11.5. The first-order chi connectivity index (χ1) is 18.3. The van der Waals surface area contributed by atoms with E-state index in [1.807, 2.05) is 67.0 Å². The summed E-state index contributed by atoms with van der Waals surface area (Å²) >= 11 is 0. The van der Waals surface area contributed by atoms with Crippen LogP contribution in [0.4, 0.5) is 23.0 Å². The van der Waals surface area contributed by atoms with Crippen molar-refractivity contribution in [1.29, 1.82) is 5.26 Å². The van der Waals surface area contributed by atoms with Crippen molar-refractivity contribution in [2.45, 2.75) is 0 Å². The van der Waals surface area contributed by atoms with Crippen LogP contribution in [0.5, 0.6) is 5.75 Å². The lowest BCUT2D eigenvalue weighted by Crippen LogP contribution is -2.29. The van der Waals surface area contributed by atoms with E-state index in [1.165, 1.54) is 6.08 Å². The number of aromatic nitrogens is 3. The van der Waals surface area contributed by atoms with Gasteiger partial charge in [0.05, 0.1) is 35.4 Å². The second-order valence-corrected chi connectivity index (χ2v) is 8.89. The number of carbonyl (C=O) groups is 1. The third-order valence-electron chi connectivity index (χ3n) is 6.02. The number of fused-ring (bicyclic) bond motifs is 1. The summed E-state index contributed by atoms with van der Waals surface area (Å²) in [6, 6.07) is 15.2. The van der Waals surface area contributed by atoms with Crippen molar-refractivity contribution in [2.24, 2.45) is 0 Å². The summed E-state index contributed by atoms with van der Waals surface area (Å²) in [6.45, 7) is 5.14. The fraction of sp³-hybridized carbons (Fsp3) is 0.214. The van der Waals surface area contributed by atoms with Gasteiger partial charge in [-0.3, -0.25) is 4.79 Å². The molecule has 1 amide bonds. The monoisotopic (exact) mass is 510 g/mol. The quantitative estimate of drug-likeness (QED) is 0.306. The van der Waals surface area contributed by atoms with Crippen molar-refractivity contribution in [3.8, 4) is 23.1 Å². The van der Waals surface area contributed by atoms with Crippen LogP contribution in [0.2, 0.25) is 0 Å². The molecular weight excluding hydrogens is 480 g/mol. The number of likely N-dealkylation sites (N-methyl/N-ethyl adjacent to an activating group) is 2. The number of pyridine rings is 1. The molecule has 0 radical (unpaired) electrons. The molecule has 0 aliphatic rings.